The highest BCUT2D eigenvalue weighted by atomic mass is 16.5. The van der Waals surface area contributed by atoms with Crippen LogP contribution in [0.5, 0.6) is 0 Å². The maximum atomic E-state index is 6.15. The fourth-order valence-electron chi connectivity index (χ4n) is 3.61. The fourth-order valence-corrected chi connectivity index (χ4v) is 3.61. The van der Waals surface area contributed by atoms with Crippen LogP contribution in [-0.2, 0) is 4.74 Å². The number of unbranched alkanes of at least 4 members (excludes halogenated alkanes) is 1. The number of nitrogens with zero attached hydrogens (tertiary/aromatic N) is 1. The van der Waals surface area contributed by atoms with Crippen molar-refractivity contribution in [2.24, 2.45) is 0 Å². The van der Waals surface area contributed by atoms with Crippen molar-refractivity contribution < 1.29 is 4.74 Å². The van der Waals surface area contributed by atoms with Crippen molar-refractivity contribution in [1.29, 1.82) is 0 Å². The van der Waals surface area contributed by atoms with Crippen LogP contribution >= 0.6 is 0 Å². The Morgan fingerprint density at radius 1 is 1.16 bits per heavy atom. The lowest BCUT2D eigenvalue weighted by atomic mass is 9.78. The van der Waals surface area contributed by atoms with Gasteiger partial charge < -0.3 is 15.0 Å². The average Bonchev–Trinajstić information content (AvgIpc) is 2.39. The summed E-state index contributed by atoms with van der Waals surface area (Å²) >= 11 is 0. The number of rotatable bonds is 6. The molecule has 1 N–H and O–H groups in total. The van der Waals surface area contributed by atoms with Gasteiger partial charge in [0.15, 0.2) is 0 Å². The molecule has 1 aliphatic heterocycles. The molecule has 2 aliphatic rings. The molecule has 1 saturated carbocycles. The van der Waals surface area contributed by atoms with Crippen molar-refractivity contribution in [3.63, 3.8) is 0 Å². The lowest BCUT2D eigenvalue weighted by Gasteiger charge is -2.43. The van der Waals surface area contributed by atoms with Crippen LogP contribution < -0.4 is 5.32 Å². The van der Waals surface area contributed by atoms with Crippen LogP contribution in [0, 0.1) is 0 Å². The van der Waals surface area contributed by atoms with E-state index < -0.39 is 0 Å². The van der Waals surface area contributed by atoms with E-state index in [2.05, 4.69) is 24.3 Å². The molecule has 0 radical (unpaired) electrons. The van der Waals surface area contributed by atoms with E-state index in [1.165, 1.54) is 70.9 Å². The smallest absolute Gasteiger partial charge is 0.0697 e. The number of ether oxygens (including phenoxy) is 1. The van der Waals surface area contributed by atoms with Gasteiger partial charge in [0.25, 0.3) is 0 Å². The van der Waals surface area contributed by atoms with Crippen molar-refractivity contribution >= 4 is 0 Å². The van der Waals surface area contributed by atoms with Gasteiger partial charge in [-0.1, -0.05) is 19.3 Å². The molecule has 1 heterocycles. The molecule has 0 aromatic carbocycles. The van der Waals surface area contributed by atoms with Crippen molar-refractivity contribution in [2.75, 3.05) is 33.8 Å². The van der Waals surface area contributed by atoms with E-state index in [0.717, 1.165) is 6.61 Å². The molecule has 0 aromatic heterocycles. The molecule has 1 atom stereocenters. The molecule has 0 amide bonds. The van der Waals surface area contributed by atoms with Crippen LogP contribution in [0.4, 0.5) is 0 Å². The Bertz CT molecular complexity index is 244. The SMILES string of the molecule is CN(C)CCCCNC1CCOC2(CCCCC2)C1. The van der Waals surface area contributed by atoms with Gasteiger partial charge in [-0.3, -0.25) is 0 Å². The standard InChI is InChI=1S/C16H32N2O/c1-18(2)12-7-6-11-17-15-8-13-19-16(14-15)9-4-3-5-10-16/h15,17H,3-14H2,1-2H3. The van der Waals surface area contributed by atoms with Crippen LogP contribution in [0.25, 0.3) is 0 Å². The highest BCUT2D eigenvalue weighted by molar-refractivity contribution is 4.91. The summed E-state index contributed by atoms with van der Waals surface area (Å²) in [4.78, 5) is 2.27. The molecule has 1 aliphatic carbocycles. The lowest BCUT2D eigenvalue weighted by molar-refractivity contribution is -0.109. The molecule has 3 nitrogen and oxygen atoms in total. The summed E-state index contributed by atoms with van der Waals surface area (Å²) in [6.45, 7) is 3.35. The first kappa shape index (κ1) is 15.3. The average molecular weight is 268 g/mol. The predicted molar refractivity (Wildman–Crippen MR) is 80.6 cm³/mol. The maximum Gasteiger partial charge on any atom is 0.0697 e. The first-order valence-electron chi connectivity index (χ1n) is 8.22. The van der Waals surface area contributed by atoms with Crippen LogP contribution in [-0.4, -0.2) is 50.3 Å². The van der Waals surface area contributed by atoms with Gasteiger partial charge >= 0.3 is 0 Å². The van der Waals surface area contributed by atoms with E-state index in [4.69, 9.17) is 4.74 Å². The van der Waals surface area contributed by atoms with E-state index in [1.807, 2.05) is 0 Å². The molecule has 19 heavy (non-hydrogen) atoms. The third-order valence-corrected chi connectivity index (χ3v) is 4.72. The fraction of sp³-hybridized carbons (Fsp3) is 1.00. The number of nitrogens with one attached hydrogen (secondary N) is 1. The minimum Gasteiger partial charge on any atom is -0.375 e. The topological polar surface area (TPSA) is 24.5 Å². The molecule has 2 fully saturated rings. The van der Waals surface area contributed by atoms with Gasteiger partial charge in [0, 0.05) is 12.6 Å². The van der Waals surface area contributed by atoms with Gasteiger partial charge in [-0.2, -0.15) is 0 Å². The lowest BCUT2D eigenvalue weighted by Crippen LogP contribution is -2.48. The minimum absolute atomic E-state index is 0.248. The molecule has 112 valence electrons. The normalized spacial score (nSPS) is 27.0. The molecule has 0 bridgehead atoms. The van der Waals surface area contributed by atoms with Crippen LogP contribution in [0.15, 0.2) is 0 Å². The largest absolute Gasteiger partial charge is 0.375 e. The summed E-state index contributed by atoms with van der Waals surface area (Å²) in [6.07, 6.45) is 11.8. The Labute approximate surface area is 119 Å². The van der Waals surface area contributed by atoms with E-state index in [0.29, 0.717) is 6.04 Å². The highest BCUT2D eigenvalue weighted by Crippen LogP contribution is 2.38. The van der Waals surface area contributed by atoms with Gasteiger partial charge in [0.05, 0.1) is 5.60 Å². The van der Waals surface area contributed by atoms with Gasteiger partial charge in [-0.05, 0) is 65.7 Å². The van der Waals surface area contributed by atoms with Gasteiger partial charge in [0.2, 0.25) is 0 Å². The van der Waals surface area contributed by atoms with Gasteiger partial charge in [-0.25, -0.2) is 0 Å². The highest BCUT2D eigenvalue weighted by Gasteiger charge is 2.38. The Morgan fingerprint density at radius 2 is 1.95 bits per heavy atom. The van der Waals surface area contributed by atoms with E-state index in [1.54, 1.807) is 0 Å². The first-order valence-corrected chi connectivity index (χ1v) is 8.22. The summed E-state index contributed by atoms with van der Waals surface area (Å²) < 4.78 is 6.15. The van der Waals surface area contributed by atoms with Crippen LogP contribution in [0.2, 0.25) is 0 Å². The first-order chi connectivity index (χ1) is 9.20. The molecule has 2 rings (SSSR count). The van der Waals surface area contributed by atoms with Crippen molar-refractivity contribution in [3.05, 3.63) is 0 Å². The van der Waals surface area contributed by atoms with Gasteiger partial charge in [-0.15, -0.1) is 0 Å². The zero-order valence-corrected chi connectivity index (χ0v) is 12.9. The zero-order valence-electron chi connectivity index (χ0n) is 12.9. The molecule has 1 spiro atoms. The molecular formula is C16H32N2O. The third-order valence-electron chi connectivity index (χ3n) is 4.72. The summed E-state index contributed by atoms with van der Waals surface area (Å²) in [6, 6.07) is 0.700. The number of hydrogen-bond donors (Lipinski definition) is 1. The quantitative estimate of drug-likeness (QED) is 0.750. The molecule has 1 saturated heterocycles. The van der Waals surface area contributed by atoms with Crippen molar-refractivity contribution in [1.82, 2.24) is 10.2 Å². The van der Waals surface area contributed by atoms with Gasteiger partial charge in [0.1, 0.15) is 0 Å². The molecular weight excluding hydrogens is 236 g/mol. The Hall–Kier alpha value is -0.120. The zero-order chi connectivity index (χ0) is 13.6. The predicted octanol–water partition coefficient (Wildman–Crippen LogP) is 2.80. The minimum atomic E-state index is 0.248. The van der Waals surface area contributed by atoms with E-state index in [9.17, 15) is 0 Å². The second-order valence-electron chi connectivity index (χ2n) is 6.75. The van der Waals surface area contributed by atoms with Crippen molar-refractivity contribution in [3.8, 4) is 0 Å². The summed E-state index contributed by atoms with van der Waals surface area (Å²) in [5, 5.41) is 3.77. The number of hydrogen-bond acceptors (Lipinski definition) is 3. The van der Waals surface area contributed by atoms with Crippen LogP contribution in [0.3, 0.4) is 0 Å². The summed E-state index contributed by atoms with van der Waals surface area (Å²) in [5.74, 6) is 0. The molecule has 3 heteroatoms. The van der Waals surface area contributed by atoms with E-state index >= 15 is 0 Å². The van der Waals surface area contributed by atoms with Crippen molar-refractivity contribution in [2.45, 2.75) is 69.4 Å². The Morgan fingerprint density at radius 3 is 2.68 bits per heavy atom. The molecule has 1 unspecified atom stereocenters. The Balaban J connectivity index is 1.64. The van der Waals surface area contributed by atoms with Crippen LogP contribution in [0.1, 0.15) is 57.8 Å². The summed E-state index contributed by atoms with van der Waals surface area (Å²) in [5.41, 5.74) is 0.248. The molecule has 0 aromatic rings. The maximum absolute atomic E-state index is 6.15. The monoisotopic (exact) mass is 268 g/mol. The second kappa shape index (κ2) is 7.61. The van der Waals surface area contributed by atoms with E-state index in [-0.39, 0.29) is 5.60 Å². The third kappa shape index (κ3) is 5.05. The second-order valence-corrected chi connectivity index (χ2v) is 6.75. The summed E-state index contributed by atoms with van der Waals surface area (Å²) in [7, 11) is 4.30. The Kier molecular flexibility index (Phi) is 6.11.